The van der Waals surface area contributed by atoms with Crippen LogP contribution in [0.25, 0.3) is 10.8 Å². The third kappa shape index (κ3) is 6.15. The van der Waals surface area contributed by atoms with Gasteiger partial charge in [-0.25, -0.2) is 9.69 Å². The van der Waals surface area contributed by atoms with Gasteiger partial charge in [-0.15, -0.1) is 0 Å². The molecule has 0 radical (unpaired) electrons. The van der Waals surface area contributed by atoms with Crippen LogP contribution in [0.15, 0.2) is 72.8 Å². The normalized spacial score (nSPS) is 15.1. The summed E-state index contributed by atoms with van der Waals surface area (Å²) >= 11 is 0. The van der Waals surface area contributed by atoms with Gasteiger partial charge in [0.1, 0.15) is 0 Å². The quantitative estimate of drug-likeness (QED) is 0.146. The van der Waals surface area contributed by atoms with Crippen LogP contribution in [0.1, 0.15) is 42.2 Å². The van der Waals surface area contributed by atoms with E-state index in [0.29, 0.717) is 43.0 Å². The average Bonchev–Trinajstić information content (AvgIpc) is 3.05. The van der Waals surface area contributed by atoms with Crippen molar-refractivity contribution in [3.63, 3.8) is 0 Å². The molecule has 15 heteroatoms. The highest BCUT2D eigenvalue weighted by molar-refractivity contribution is 6.36. The van der Waals surface area contributed by atoms with Gasteiger partial charge in [0, 0.05) is 29.6 Å². The van der Waals surface area contributed by atoms with E-state index in [4.69, 9.17) is 9.47 Å². The van der Waals surface area contributed by atoms with Crippen LogP contribution in [-0.4, -0.2) is 56.6 Å². The molecule has 3 amide bonds. The molecule has 1 fully saturated rings. The molecule has 0 unspecified atom stereocenters. The van der Waals surface area contributed by atoms with Crippen LogP contribution in [0, 0.1) is 0 Å². The van der Waals surface area contributed by atoms with Gasteiger partial charge in [-0.05, 0) is 60.0 Å². The summed E-state index contributed by atoms with van der Waals surface area (Å²) in [5.41, 5.74) is -2.43. The van der Waals surface area contributed by atoms with Gasteiger partial charge in [0.25, 0.3) is 17.7 Å². The maximum Gasteiger partial charge on any atom is 0.416 e. The highest BCUT2D eigenvalue weighted by Gasteiger charge is 2.37. The molecule has 2 heterocycles. The predicted octanol–water partition coefficient (Wildman–Crippen LogP) is 6.31. The lowest BCUT2D eigenvalue weighted by atomic mass is 9.91. The number of hydrogen-bond donors (Lipinski definition) is 1. The van der Waals surface area contributed by atoms with Crippen molar-refractivity contribution in [1.82, 2.24) is 0 Å². The molecular weight excluding hydrogens is 648 g/mol. The monoisotopic (exact) mass is 671 g/mol. The van der Waals surface area contributed by atoms with E-state index >= 15 is 0 Å². The first-order chi connectivity index (χ1) is 22.7. The molecule has 48 heavy (non-hydrogen) atoms. The number of ether oxygens (including phenoxy) is 2. The second kappa shape index (κ2) is 12.3. The number of nitrogens with zero attached hydrogens (tertiary/aromatic N) is 2. The molecular formula is C33H23F6N3O6. The Bertz CT molecular complexity index is 1950. The van der Waals surface area contributed by atoms with Crippen LogP contribution in [-0.2, 0) is 26.6 Å². The first kappa shape index (κ1) is 32.5. The van der Waals surface area contributed by atoms with Gasteiger partial charge in [-0.3, -0.25) is 14.4 Å². The Morgan fingerprint density at radius 1 is 0.792 bits per heavy atom. The topological polar surface area (TPSA) is 105 Å². The number of halogens is 6. The summed E-state index contributed by atoms with van der Waals surface area (Å²) in [4.78, 5) is 55.3. The van der Waals surface area contributed by atoms with Crippen LogP contribution in [0.3, 0.4) is 0 Å². The largest absolute Gasteiger partial charge is 0.452 e. The van der Waals surface area contributed by atoms with E-state index in [1.54, 1.807) is 4.90 Å². The number of rotatable bonds is 6. The number of hydrogen-bond acceptors (Lipinski definition) is 7. The minimum atomic E-state index is -4.72. The highest BCUT2D eigenvalue weighted by Crippen LogP contribution is 2.38. The van der Waals surface area contributed by atoms with E-state index in [1.807, 2.05) is 0 Å². The Labute approximate surface area is 267 Å². The molecule has 0 aliphatic carbocycles. The number of imide groups is 1. The van der Waals surface area contributed by atoms with Crippen LogP contribution >= 0.6 is 0 Å². The van der Waals surface area contributed by atoms with E-state index in [9.17, 15) is 45.5 Å². The maximum atomic E-state index is 13.4. The average molecular weight is 672 g/mol. The number of carbonyl (C=O) groups is 4. The van der Waals surface area contributed by atoms with E-state index in [1.165, 1.54) is 42.5 Å². The summed E-state index contributed by atoms with van der Waals surface area (Å²) < 4.78 is 90.9. The standard InChI is InChI=1S/C33H23F6N3O6/c34-32(35,36)18-3-1-4-20(15-18)42-29(44)23-6-2-5-21-22(8-9-24(28(21)23)30(42)45)31(46)48-17-27(43)40-25-16-19(33(37,38)39)7-10-26(25)41-11-13-47-14-12-41/h1-10,15-16H,11-14,17H2,(H,40,43). The van der Waals surface area contributed by atoms with E-state index in [2.05, 4.69) is 5.32 Å². The molecule has 9 nitrogen and oxygen atoms in total. The Balaban J connectivity index is 1.23. The van der Waals surface area contributed by atoms with Gasteiger partial charge < -0.3 is 19.7 Å². The molecule has 1 N–H and O–H groups in total. The summed E-state index contributed by atoms with van der Waals surface area (Å²) in [6.07, 6.45) is -9.41. The molecule has 0 saturated carbocycles. The fraction of sp³-hybridized carbons (Fsp3) is 0.212. The SMILES string of the molecule is O=C(COC(=O)c1ccc2c3c(cccc13)C(=O)N(c1cccc(C(F)(F)F)c1)C2=O)Nc1cc(C(F)(F)F)ccc1N1CCOCC1. The number of morpholine rings is 1. The van der Waals surface area contributed by atoms with Crippen molar-refractivity contribution in [3.8, 4) is 0 Å². The maximum absolute atomic E-state index is 13.4. The minimum Gasteiger partial charge on any atom is -0.452 e. The molecule has 2 aliphatic heterocycles. The molecule has 6 rings (SSSR count). The van der Waals surface area contributed by atoms with Crippen molar-refractivity contribution in [1.29, 1.82) is 0 Å². The number of amides is 3. The predicted molar refractivity (Wildman–Crippen MR) is 160 cm³/mol. The Kier molecular flexibility index (Phi) is 8.33. The number of benzene rings is 4. The second-order valence-corrected chi connectivity index (χ2v) is 10.8. The summed E-state index contributed by atoms with van der Waals surface area (Å²) in [5.74, 6) is -3.80. The summed E-state index contributed by atoms with van der Waals surface area (Å²) in [5, 5.41) is 2.55. The summed E-state index contributed by atoms with van der Waals surface area (Å²) in [6, 6.07) is 13.3. The third-order valence-corrected chi connectivity index (χ3v) is 7.84. The summed E-state index contributed by atoms with van der Waals surface area (Å²) in [6.45, 7) is 0.525. The van der Waals surface area contributed by atoms with Gasteiger partial charge in [-0.2, -0.15) is 26.3 Å². The van der Waals surface area contributed by atoms with Crippen molar-refractivity contribution >= 4 is 51.5 Å². The van der Waals surface area contributed by atoms with E-state index in [0.717, 1.165) is 24.3 Å². The van der Waals surface area contributed by atoms with Gasteiger partial charge in [0.05, 0.1) is 47.0 Å². The van der Waals surface area contributed by atoms with Crippen molar-refractivity contribution in [3.05, 3.63) is 101 Å². The van der Waals surface area contributed by atoms with Crippen molar-refractivity contribution in [2.75, 3.05) is 48.0 Å². The third-order valence-electron chi connectivity index (χ3n) is 7.84. The number of esters is 1. The van der Waals surface area contributed by atoms with Crippen molar-refractivity contribution < 1.29 is 55.0 Å². The Morgan fingerprint density at radius 2 is 1.44 bits per heavy atom. The van der Waals surface area contributed by atoms with Gasteiger partial charge in [-0.1, -0.05) is 18.2 Å². The number of anilines is 3. The molecule has 0 aromatic heterocycles. The number of nitrogens with one attached hydrogen (secondary N) is 1. The molecule has 4 aromatic rings. The van der Waals surface area contributed by atoms with E-state index in [-0.39, 0.29) is 38.8 Å². The fourth-order valence-corrected chi connectivity index (χ4v) is 5.62. The zero-order valence-electron chi connectivity index (χ0n) is 24.6. The van der Waals surface area contributed by atoms with Crippen LogP contribution in [0.4, 0.5) is 43.4 Å². The van der Waals surface area contributed by atoms with Gasteiger partial charge in [0.15, 0.2) is 6.61 Å². The van der Waals surface area contributed by atoms with E-state index < -0.39 is 53.8 Å². The number of alkyl halides is 6. The second-order valence-electron chi connectivity index (χ2n) is 10.8. The van der Waals surface area contributed by atoms with Crippen molar-refractivity contribution in [2.45, 2.75) is 12.4 Å². The van der Waals surface area contributed by atoms with Crippen molar-refractivity contribution in [2.24, 2.45) is 0 Å². The zero-order chi connectivity index (χ0) is 34.4. The molecule has 2 aliphatic rings. The van der Waals surface area contributed by atoms with Crippen LogP contribution in [0.5, 0.6) is 0 Å². The zero-order valence-corrected chi connectivity index (χ0v) is 24.6. The minimum absolute atomic E-state index is 0.0629. The fourth-order valence-electron chi connectivity index (χ4n) is 5.62. The van der Waals surface area contributed by atoms with Crippen LogP contribution < -0.4 is 15.1 Å². The van der Waals surface area contributed by atoms with Gasteiger partial charge >= 0.3 is 18.3 Å². The molecule has 0 atom stereocenters. The first-order valence-corrected chi connectivity index (χ1v) is 14.4. The Hall–Kier alpha value is -5.44. The molecule has 248 valence electrons. The Morgan fingerprint density at radius 3 is 2.12 bits per heavy atom. The lowest BCUT2D eigenvalue weighted by molar-refractivity contribution is -0.138. The highest BCUT2D eigenvalue weighted by atomic mass is 19.4. The molecule has 0 bridgehead atoms. The molecule has 0 spiro atoms. The molecule has 4 aromatic carbocycles. The summed E-state index contributed by atoms with van der Waals surface area (Å²) in [7, 11) is 0. The smallest absolute Gasteiger partial charge is 0.416 e. The number of carbonyl (C=O) groups excluding carboxylic acids is 4. The lowest BCUT2D eigenvalue weighted by Crippen LogP contribution is -2.40. The van der Waals surface area contributed by atoms with Gasteiger partial charge in [0.2, 0.25) is 0 Å². The first-order valence-electron chi connectivity index (χ1n) is 14.4. The van der Waals surface area contributed by atoms with Crippen LogP contribution in [0.2, 0.25) is 0 Å². The lowest BCUT2D eigenvalue weighted by Gasteiger charge is -2.31. The molecule has 1 saturated heterocycles.